The Morgan fingerprint density at radius 3 is 3.06 bits per heavy atom. The summed E-state index contributed by atoms with van der Waals surface area (Å²) < 4.78 is 1.39. The molecule has 0 unspecified atom stereocenters. The van der Waals surface area contributed by atoms with Gasteiger partial charge in [0.1, 0.15) is 5.03 Å². The molecule has 0 aliphatic carbocycles. The van der Waals surface area contributed by atoms with Gasteiger partial charge in [0.2, 0.25) is 0 Å². The lowest BCUT2D eigenvalue weighted by Crippen LogP contribution is -2.12. The van der Waals surface area contributed by atoms with Crippen molar-refractivity contribution in [2.45, 2.75) is 16.8 Å². The van der Waals surface area contributed by atoms with Crippen molar-refractivity contribution in [3.63, 3.8) is 0 Å². The minimum atomic E-state index is -0.274. The third-order valence-electron chi connectivity index (χ3n) is 2.05. The summed E-state index contributed by atoms with van der Waals surface area (Å²) in [6.45, 7) is -0.0887. The van der Waals surface area contributed by atoms with Gasteiger partial charge in [0.15, 0.2) is 5.16 Å². The molecule has 0 spiro atoms. The molecule has 2 rings (SSSR count). The second kappa shape index (κ2) is 4.50. The molecule has 0 saturated carbocycles. The zero-order valence-electron chi connectivity index (χ0n) is 8.54. The summed E-state index contributed by atoms with van der Waals surface area (Å²) in [6, 6.07) is 3.53. The van der Waals surface area contributed by atoms with Crippen molar-refractivity contribution in [3.05, 3.63) is 34.4 Å². The van der Waals surface area contributed by atoms with E-state index in [1.807, 2.05) is 0 Å². The highest BCUT2D eigenvalue weighted by Crippen LogP contribution is 2.25. The summed E-state index contributed by atoms with van der Waals surface area (Å²) in [5.74, 6) is 0. The maximum absolute atomic E-state index is 11.1. The zero-order valence-corrected chi connectivity index (χ0v) is 9.36. The summed E-state index contributed by atoms with van der Waals surface area (Å²) in [7, 11) is 1.62. The number of aromatic nitrogens is 4. The van der Waals surface area contributed by atoms with Gasteiger partial charge in [-0.15, -0.1) is 5.10 Å². The first-order chi connectivity index (χ1) is 7.72. The molecule has 6 nitrogen and oxygen atoms in total. The molecule has 0 aliphatic heterocycles. The first-order valence-corrected chi connectivity index (χ1v) is 5.38. The Balaban J connectivity index is 2.34. The highest BCUT2D eigenvalue weighted by molar-refractivity contribution is 7.99. The van der Waals surface area contributed by atoms with Crippen LogP contribution in [0.1, 0.15) is 5.56 Å². The van der Waals surface area contributed by atoms with Gasteiger partial charge in [-0.25, -0.2) is 14.9 Å². The minimum absolute atomic E-state index is 0.0887. The van der Waals surface area contributed by atoms with Crippen molar-refractivity contribution in [2.75, 3.05) is 0 Å². The van der Waals surface area contributed by atoms with Crippen LogP contribution in [0.4, 0.5) is 0 Å². The molecule has 2 N–H and O–H groups in total. The molecule has 2 aromatic rings. The summed E-state index contributed by atoms with van der Waals surface area (Å²) >= 11 is 1.24. The Hall–Kier alpha value is -1.60. The van der Waals surface area contributed by atoms with Crippen LogP contribution in [-0.2, 0) is 13.7 Å². The van der Waals surface area contributed by atoms with Crippen LogP contribution in [0.2, 0.25) is 0 Å². The van der Waals surface area contributed by atoms with Gasteiger partial charge in [-0.05, 0) is 17.8 Å². The van der Waals surface area contributed by atoms with Crippen LogP contribution in [0.5, 0.6) is 0 Å². The van der Waals surface area contributed by atoms with Crippen LogP contribution >= 0.6 is 11.8 Å². The Labute approximate surface area is 95.3 Å². The summed E-state index contributed by atoms with van der Waals surface area (Å²) in [6.07, 6.45) is 1.63. The molecule has 2 aromatic heterocycles. The SMILES string of the molecule is Cn1c(Sc2ncccc2CO)n[nH]c1=O. The van der Waals surface area contributed by atoms with E-state index in [4.69, 9.17) is 5.11 Å². The van der Waals surface area contributed by atoms with E-state index in [0.717, 1.165) is 0 Å². The van der Waals surface area contributed by atoms with Crippen molar-refractivity contribution < 1.29 is 5.11 Å². The molecule has 0 bridgehead atoms. The number of hydrogen-bond donors (Lipinski definition) is 2. The van der Waals surface area contributed by atoms with E-state index in [2.05, 4.69) is 15.2 Å². The predicted molar refractivity (Wildman–Crippen MR) is 58.1 cm³/mol. The number of nitrogens with zero attached hydrogens (tertiary/aromatic N) is 3. The number of aliphatic hydroxyl groups is 1. The number of aromatic amines is 1. The molecule has 0 saturated heterocycles. The number of pyridine rings is 1. The third-order valence-corrected chi connectivity index (χ3v) is 3.16. The first-order valence-electron chi connectivity index (χ1n) is 4.56. The fourth-order valence-corrected chi connectivity index (χ4v) is 2.01. The topological polar surface area (TPSA) is 83.8 Å². The lowest BCUT2D eigenvalue weighted by atomic mass is 10.3. The number of hydrogen-bond acceptors (Lipinski definition) is 5. The monoisotopic (exact) mass is 238 g/mol. The molecule has 0 aliphatic rings. The third kappa shape index (κ3) is 2.00. The average Bonchev–Trinajstić information content (AvgIpc) is 2.62. The van der Waals surface area contributed by atoms with E-state index in [-0.39, 0.29) is 12.3 Å². The van der Waals surface area contributed by atoms with Crippen molar-refractivity contribution in [1.82, 2.24) is 19.7 Å². The van der Waals surface area contributed by atoms with E-state index in [1.165, 1.54) is 16.3 Å². The van der Waals surface area contributed by atoms with Crippen molar-refractivity contribution in [2.24, 2.45) is 7.05 Å². The molecular weight excluding hydrogens is 228 g/mol. The average molecular weight is 238 g/mol. The Kier molecular flexibility index (Phi) is 3.07. The number of rotatable bonds is 3. The summed E-state index contributed by atoms with van der Waals surface area (Å²) in [4.78, 5) is 15.3. The zero-order chi connectivity index (χ0) is 11.5. The second-order valence-electron chi connectivity index (χ2n) is 3.10. The number of H-pyrrole nitrogens is 1. The maximum atomic E-state index is 11.1. The van der Waals surface area contributed by atoms with Crippen LogP contribution in [-0.4, -0.2) is 24.9 Å². The summed E-state index contributed by atoms with van der Waals surface area (Å²) in [5, 5.41) is 16.5. The molecule has 0 amide bonds. The standard InChI is InChI=1S/C9H10N4O2S/c1-13-8(15)11-12-9(13)16-7-6(5-14)3-2-4-10-7/h2-4,14H,5H2,1H3,(H,11,15). The molecule has 2 heterocycles. The van der Waals surface area contributed by atoms with Gasteiger partial charge < -0.3 is 5.11 Å². The smallest absolute Gasteiger partial charge is 0.343 e. The Morgan fingerprint density at radius 2 is 2.44 bits per heavy atom. The van der Waals surface area contributed by atoms with Crippen LogP contribution in [0, 0.1) is 0 Å². The molecule has 84 valence electrons. The van der Waals surface area contributed by atoms with Crippen molar-refractivity contribution >= 4 is 11.8 Å². The van der Waals surface area contributed by atoms with Crippen molar-refractivity contribution in [3.8, 4) is 0 Å². The quantitative estimate of drug-likeness (QED) is 0.795. The fourth-order valence-electron chi connectivity index (χ4n) is 1.15. The predicted octanol–water partition coefficient (Wildman–Crippen LogP) is 0.147. The van der Waals surface area contributed by atoms with Crippen LogP contribution in [0.15, 0.2) is 33.3 Å². The Bertz CT molecular complexity index is 548. The molecule has 0 atom stereocenters. The van der Waals surface area contributed by atoms with E-state index >= 15 is 0 Å². The second-order valence-corrected chi connectivity index (χ2v) is 4.05. The lowest BCUT2D eigenvalue weighted by Gasteiger charge is -2.03. The van der Waals surface area contributed by atoms with Gasteiger partial charge in [0.05, 0.1) is 6.61 Å². The largest absolute Gasteiger partial charge is 0.392 e. The summed E-state index contributed by atoms with van der Waals surface area (Å²) in [5.41, 5.74) is 0.437. The van der Waals surface area contributed by atoms with Crippen molar-refractivity contribution in [1.29, 1.82) is 0 Å². The van der Waals surface area contributed by atoms with Gasteiger partial charge in [-0.1, -0.05) is 6.07 Å². The van der Waals surface area contributed by atoms with E-state index in [1.54, 1.807) is 25.4 Å². The van der Waals surface area contributed by atoms with Gasteiger partial charge >= 0.3 is 5.69 Å². The van der Waals surface area contributed by atoms with Gasteiger partial charge in [-0.3, -0.25) is 4.57 Å². The lowest BCUT2D eigenvalue weighted by molar-refractivity contribution is 0.278. The number of nitrogens with one attached hydrogen (secondary N) is 1. The van der Waals surface area contributed by atoms with Crippen LogP contribution in [0.3, 0.4) is 0 Å². The van der Waals surface area contributed by atoms with Crippen LogP contribution < -0.4 is 5.69 Å². The highest BCUT2D eigenvalue weighted by atomic mass is 32.2. The molecule has 7 heteroatoms. The van der Waals surface area contributed by atoms with E-state index in [9.17, 15) is 4.79 Å². The number of aliphatic hydroxyl groups excluding tert-OH is 1. The van der Waals surface area contributed by atoms with E-state index in [0.29, 0.717) is 15.7 Å². The molecular formula is C9H10N4O2S. The van der Waals surface area contributed by atoms with Gasteiger partial charge in [0, 0.05) is 18.8 Å². The van der Waals surface area contributed by atoms with Gasteiger partial charge in [-0.2, -0.15) is 0 Å². The maximum Gasteiger partial charge on any atom is 0.343 e. The minimum Gasteiger partial charge on any atom is -0.392 e. The van der Waals surface area contributed by atoms with E-state index < -0.39 is 0 Å². The normalized spacial score (nSPS) is 10.6. The van der Waals surface area contributed by atoms with Crippen LogP contribution in [0.25, 0.3) is 0 Å². The molecule has 16 heavy (non-hydrogen) atoms. The van der Waals surface area contributed by atoms with Gasteiger partial charge in [0.25, 0.3) is 0 Å². The molecule has 0 fully saturated rings. The Morgan fingerprint density at radius 1 is 1.62 bits per heavy atom. The highest BCUT2D eigenvalue weighted by Gasteiger charge is 2.10. The fraction of sp³-hybridized carbons (Fsp3) is 0.222. The molecule has 0 aromatic carbocycles. The molecule has 0 radical (unpaired) electrons. The first kappa shape index (κ1) is 10.9.